The monoisotopic (exact) mass is 307 g/mol. The molecule has 1 fully saturated rings. The highest BCUT2D eigenvalue weighted by Crippen LogP contribution is 2.31. The van der Waals surface area contributed by atoms with Crippen LogP contribution in [0.3, 0.4) is 0 Å². The van der Waals surface area contributed by atoms with Crippen LogP contribution in [0.4, 0.5) is 9.18 Å². The summed E-state index contributed by atoms with van der Waals surface area (Å²) in [5.74, 6) is 0.248. The van der Waals surface area contributed by atoms with E-state index in [1.54, 1.807) is 12.1 Å². The average molecular weight is 307 g/mol. The van der Waals surface area contributed by atoms with E-state index < -0.39 is 12.5 Å². The smallest absolute Gasteiger partial charge is 0.407 e. The van der Waals surface area contributed by atoms with Gasteiger partial charge in [-0.3, -0.25) is 5.10 Å². The van der Waals surface area contributed by atoms with E-state index in [1.165, 1.54) is 4.90 Å². The van der Waals surface area contributed by atoms with Crippen LogP contribution in [-0.2, 0) is 6.42 Å². The molecule has 1 aromatic carbocycles. The first-order chi connectivity index (χ1) is 10.5. The van der Waals surface area contributed by atoms with Gasteiger partial charge in [0.2, 0.25) is 0 Å². The van der Waals surface area contributed by atoms with Crippen LogP contribution in [0.25, 0.3) is 10.9 Å². The molecule has 22 heavy (non-hydrogen) atoms. The summed E-state index contributed by atoms with van der Waals surface area (Å²) in [6.07, 6.45) is -1.27. The lowest BCUT2D eigenvalue weighted by Crippen LogP contribution is -2.36. The zero-order valence-electron chi connectivity index (χ0n) is 12.0. The lowest BCUT2D eigenvalue weighted by molar-refractivity contribution is 0.0430. The number of nitrogens with zero attached hydrogens (tertiary/aromatic N) is 2. The molecule has 0 bridgehead atoms. The third-order valence-electron chi connectivity index (χ3n) is 4.23. The lowest BCUT2D eigenvalue weighted by Gasteiger charge is -2.29. The second kappa shape index (κ2) is 5.92. The molecule has 1 aliphatic heterocycles. The van der Waals surface area contributed by atoms with Crippen LogP contribution in [0.15, 0.2) is 18.2 Å². The first-order valence-corrected chi connectivity index (χ1v) is 7.31. The summed E-state index contributed by atoms with van der Waals surface area (Å²) in [5, 5.41) is 26.1. The van der Waals surface area contributed by atoms with E-state index >= 15 is 0 Å². The highest BCUT2D eigenvalue weighted by Gasteiger charge is 2.25. The minimum atomic E-state index is -1.86. The zero-order chi connectivity index (χ0) is 15.7. The number of fused-ring (bicyclic) bond motifs is 1. The summed E-state index contributed by atoms with van der Waals surface area (Å²) >= 11 is 0. The van der Waals surface area contributed by atoms with E-state index in [2.05, 4.69) is 10.2 Å². The maximum atomic E-state index is 12.7. The van der Waals surface area contributed by atoms with Crippen LogP contribution in [0.2, 0.25) is 0 Å². The maximum absolute atomic E-state index is 12.7. The number of amides is 1. The Bertz CT molecular complexity index is 678. The Hall–Kier alpha value is -2.15. The molecule has 0 radical (unpaired) electrons. The molecule has 2 aromatic rings. The van der Waals surface area contributed by atoms with Crippen molar-refractivity contribution in [2.45, 2.75) is 31.5 Å². The van der Waals surface area contributed by atoms with Crippen LogP contribution in [0, 0.1) is 0 Å². The SMILES string of the molecule is O=C(O)N1CCC(c2[nH]nc3cc(C[C@H](O)F)ccc23)CC1. The number of nitrogens with one attached hydrogen (secondary N) is 1. The fourth-order valence-electron chi connectivity index (χ4n) is 3.07. The van der Waals surface area contributed by atoms with E-state index in [4.69, 9.17) is 10.2 Å². The van der Waals surface area contributed by atoms with Crippen LogP contribution in [0.1, 0.15) is 30.0 Å². The average Bonchev–Trinajstić information content (AvgIpc) is 2.89. The van der Waals surface area contributed by atoms with Crippen molar-refractivity contribution < 1.29 is 19.4 Å². The predicted molar refractivity (Wildman–Crippen MR) is 78.5 cm³/mol. The number of alkyl halides is 1. The van der Waals surface area contributed by atoms with Gasteiger partial charge in [0.05, 0.1) is 5.52 Å². The van der Waals surface area contributed by atoms with E-state index in [-0.39, 0.29) is 12.3 Å². The number of hydrogen-bond donors (Lipinski definition) is 3. The van der Waals surface area contributed by atoms with Gasteiger partial charge in [-0.15, -0.1) is 0 Å². The molecule has 3 rings (SSSR count). The molecule has 118 valence electrons. The third-order valence-corrected chi connectivity index (χ3v) is 4.23. The van der Waals surface area contributed by atoms with E-state index in [9.17, 15) is 9.18 Å². The van der Waals surface area contributed by atoms with Crippen molar-refractivity contribution in [1.29, 1.82) is 0 Å². The van der Waals surface area contributed by atoms with Gasteiger partial charge in [-0.25, -0.2) is 9.18 Å². The number of aliphatic hydroxyl groups is 1. The summed E-state index contributed by atoms with van der Waals surface area (Å²) in [4.78, 5) is 12.4. The van der Waals surface area contributed by atoms with Gasteiger partial charge in [0.1, 0.15) is 0 Å². The van der Waals surface area contributed by atoms with Gasteiger partial charge in [0.15, 0.2) is 6.36 Å². The molecule has 3 N–H and O–H groups in total. The molecule has 1 aliphatic rings. The van der Waals surface area contributed by atoms with Crippen LogP contribution >= 0.6 is 0 Å². The van der Waals surface area contributed by atoms with Crippen molar-refractivity contribution >= 4 is 17.0 Å². The molecule has 7 heteroatoms. The van der Waals surface area contributed by atoms with Gasteiger partial charge in [-0.2, -0.15) is 5.10 Å². The van der Waals surface area contributed by atoms with Crippen LogP contribution < -0.4 is 0 Å². The van der Waals surface area contributed by atoms with Crippen molar-refractivity contribution in [3.05, 3.63) is 29.5 Å². The van der Waals surface area contributed by atoms with Crippen molar-refractivity contribution in [1.82, 2.24) is 15.1 Å². The summed E-state index contributed by atoms with van der Waals surface area (Å²) in [5.41, 5.74) is 2.45. The van der Waals surface area contributed by atoms with Crippen molar-refractivity contribution in [3.63, 3.8) is 0 Å². The Morgan fingerprint density at radius 3 is 2.82 bits per heavy atom. The number of rotatable bonds is 3. The number of likely N-dealkylation sites (tertiary alicyclic amines) is 1. The topological polar surface area (TPSA) is 89.5 Å². The summed E-state index contributed by atoms with van der Waals surface area (Å²) in [6, 6.07) is 5.44. The number of aromatic nitrogens is 2. The zero-order valence-corrected chi connectivity index (χ0v) is 12.0. The second-order valence-electron chi connectivity index (χ2n) is 5.67. The Morgan fingerprint density at radius 2 is 2.18 bits per heavy atom. The van der Waals surface area contributed by atoms with Crippen LogP contribution in [-0.4, -0.2) is 50.9 Å². The van der Waals surface area contributed by atoms with Crippen LogP contribution in [0.5, 0.6) is 0 Å². The Labute approximate surface area is 126 Å². The van der Waals surface area contributed by atoms with Crippen molar-refractivity contribution in [2.24, 2.45) is 0 Å². The number of aliphatic hydroxyl groups excluding tert-OH is 1. The molecule has 6 nitrogen and oxygen atoms in total. The number of carboxylic acid groups (broad SMARTS) is 1. The molecule has 2 heterocycles. The lowest BCUT2D eigenvalue weighted by atomic mass is 9.91. The van der Waals surface area contributed by atoms with E-state index in [0.29, 0.717) is 18.7 Å². The molecular formula is C15H18FN3O3. The van der Waals surface area contributed by atoms with Gasteiger partial charge < -0.3 is 15.1 Å². The number of H-pyrrole nitrogens is 1. The van der Waals surface area contributed by atoms with Gasteiger partial charge in [-0.1, -0.05) is 12.1 Å². The van der Waals surface area contributed by atoms with Crippen molar-refractivity contribution in [2.75, 3.05) is 13.1 Å². The number of benzene rings is 1. The van der Waals surface area contributed by atoms with Gasteiger partial charge >= 0.3 is 6.09 Å². The summed E-state index contributed by atoms with van der Waals surface area (Å²) < 4.78 is 12.7. The Kier molecular flexibility index (Phi) is 3.98. The number of hydrogen-bond acceptors (Lipinski definition) is 3. The van der Waals surface area contributed by atoms with E-state index in [0.717, 1.165) is 29.4 Å². The Balaban J connectivity index is 1.79. The number of piperidine rings is 1. The van der Waals surface area contributed by atoms with Crippen molar-refractivity contribution in [3.8, 4) is 0 Å². The minimum absolute atomic E-state index is 0.0465. The highest BCUT2D eigenvalue weighted by molar-refractivity contribution is 5.82. The molecule has 0 unspecified atom stereocenters. The molecule has 0 spiro atoms. The minimum Gasteiger partial charge on any atom is -0.465 e. The summed E-state index contributed by atoms with van der Waals surface area (Å²) in [6.45, 7) is 1.04. The predicted octanol–water partition coefficient (Wildman–Crippen LogP) is 2.25. The third kappa shape index (κ3) is 2.89. The highest BCUT2D eigenvalue weighted by atomic mass is 19.1. The van der Waals surface area contributed by atoms with Gasteiger partial charge in [0.25, 0.3) is 0 Å². The second-order valence-corrected chi connectivity index (χ2v) is 5.67. The summed E-state index contributed by atoms with van der Waals surface area (Å²) in [7, 11) is 0. The molecular weight excluding hydrogens is 289 g/mol. The molecule has 1 aromatic heterocycles. The Morgan fingerprint density at radius 1 is 1.45 bits per heavy atom. The molecule has 1 saturated heterocycles. The number of aromatic amines is 1. The first kappa shape index (κ1) is 14.8. The normalized spacial score (nSPS) is 17.8. The van der Waals surface area contributed by atoms with Gasteiger partial charge in [-0.05, 0) is 24.5 Å². The maximum Gasteiger partial charge on any atom is 0.407 e. The number of halogens is 1. The quantitative estimate of drug-likeness (QED) is 0.811. The largest absolute Gasteiger partial charge is 0.465 e. The molecule has 1 atom stereocenters. The van der Waals surface area contributed by atoms with E-state index in [1.807, 2.05) is 6.07 Å². The molecule has 1 amide bonds. The number of carbonyl (C=O) groups is 1. The first-order valence-electron chi connectivity index (χ1n) is 7.31. The standard InChI is InChI=1S/C15H18FN3O3/c16-13(20)8-9-1-2-11-12(7-9)17-18-14(11)10-3-5-19(6-4-10)15(21)22/h1-2,7,10,13,20H,3-6,8H2,(H,17,18)(H,21,22)/t13-/m0/s1. The molecule has 0 saturated carbocycles. The fourth-order valence-corrected chi connectivity index (χ4v) is 3.07. The molecule has 0 aliphatic carbocycles. The van der Waals surface area contributed by atoms with Gasteiger partial charge in [0, 0.05) is 36.5 Å². The fraction of sp³-hybridized carbons (Fsp3) is 0.467.